The molecule has 1 aliphatic carbocycles. The van der Waals surface area contributed by atoms with Crippen LogP contribution in [0, 0.1) is 11.8 Å². The summed E-state index contributed by atoms with van der Waals surface area (Å²) in [5.41, 5.74) is 2.05. The second-order valence-electron chi connectivity index (χ2n) is 8.61. The first-order valence-electron chi connectivity index (χ1n) is 12.3. The van der Waals surface area contributed by atoms with Crippen molar-refractivity contribution < 1.29 is 18.8 Å². The summed E-state index contributed by atoms with van der Waals surface area (Å²) in [6.07, 6.45) is 10.3. The van der Waals surface area contributed by atoms with Crippen molar-refractivity contribution in [3.05, 3.63) is 54.2 Å². The topological polar surface area (TPSA) is 88.2 Å². The number of nitrogens with one attached hydrogen (secondary N) is 1. The third-order valence-corrected chi connectivity index (χ3v) is 5.99. The zero-order valence-corrected chi connectivity index (χ0v) is 20.6. The van der Waals surface area contributed by atoms with Gasteiger partial charge in [0.25, 0.3) is 5.89 Å². The number of aromatic nitrogens is 2. The molecule has 2 unspecified atom stereocenters. The maximum absolute atomic E-state index is 12.2. The first kappa shape index (κ1) is 27.4. The minimum atomic E-state index is -0.734. The molecule has 0 spiro atoms. The van der Waals surface area contributed by atoms with E-state index in [4.69, 9.17) is 9.63 Å². The largest absolute Gasteiger partial charge is 0.481 e. The van der Waals surface area contributed by atoms with Gasteiger partial charge >= 0.3 is 5.97 Å². The van der Waals surface area contributed by atoms with E-state index in [2.05, 4.69) is 22.0 Å². The van der Waals surface area contributed by atoms with Crippen LogP contribution in [0.3, 0.4) is 0 Å². The first-order valence-corrected chi connectivity index (χ1v) is 12.3. The van der Waals surface area contributed by atoms with Crippen molar-refractivity contribution in [2.24, 2.45) is 11.8 Å². The molecule has 0 bridgehead atoms. The van der Waals surface area contributed by atoms with E-state index in [-0.39, 0.29) is 24.2 Å². The van der Waals surface area contributed by atoms with Gasteiger partial charge in [0.2, 0.25) is 5.82 Å². The monoisotopic (exact) mass is 471 g/mol. The minimum Gasteiger partial charge on any atom is -0.481 e. The Morgan fingerprint density at radius 1 is 1.21 bits per heavy atom. The van der Waals surface area contributed by atoms with Gasteiger partial charge in [-0.3, -0.25) is 4.79 Å². The Morgan fingerprint density at radius 3 is 2.47 bits per heavy atom. The second-order valence-corrected chi connectivity index (χ2v) is 8.61. The fourth-order valence-electron chi connectivity index (χ4n) is 4.42. The first-order chi connectivity index (χ1) is 16.4. The highest BCUT2D eigenvalue weighted by Gasteiger charge is 2.26. The Hall–Kier alpha value is -2.80. The summed E-state index contributed by atoms with van der Waals surface area (Å²) in [5, 5.41) is 16.2. The number of hydrogen-bond acceptors (Lipinski definition) is 5. The van der Waals surface area contributed by atoms with Gasteiger partial charge in [-0.25, -0.2) is 4.39 Å². The molecular formula is C27H38FN3O3. The Bertz CT molecular complexity index is 917. The van der Waals surface area contributed by atoms with Crippen LogP contribution in [0.4, 0.5) is 4.39 Å². The quantitative estimate of drug-likeness (QED) is 0.453. The van der Waals surface area contributed by atoms with E-state index >= 15 is 0 Å². The summed E-state index contributed by atoms with van der Waals surface area (Å²) in [6, 6.07) is 8.19. The fourth-order valence-corrected chi connectivity index (χ4v) is 4.42. The van der Waals surface area contributed by atoms with Crippen molar-refractivity contribution in [1.29, 1.82) is 0 Å². The van der Waals surface area contributed by atoms with E-state index < -0.39 is 5.97 Å². The van der Waals surface area contributed by atoms with Gasteiger partial charge in [-0.05, 0) is 43.4 Å². The van der Waals surface area contributed by atoms with Gasteiger partial charge in [-0.1, -0.05) is 81.6 Å². The van der Waals surface area contributed by atoms with E-state index in [1.165, 1.54) is 25.7 Å². The van der Waals surface area contributed by atoms with Crippen molar-refractivity contribution >= 4 is 12.0 Å². The molecule has 2 aliphatic rings. The third-order valence-electron chi connectivity index (χ3n) is 5.99. The van der Waals surface area contributed by atoms with Crippen molar-refractivity contribution in [3.8, 4) is 11.4 Å². The molecule has 2 fully saturated rings. The van der Waals surface area contributed by atoms with Crippen LogP contribution >= 0.6 is 0 Å². The van der Waals surface area contributed by atoms with Crippen LogP contribution in [0.2, 0.25) is 0 Å². The summed E-state index contributed by atoms with van der Waals surface area (Å²) in [7, 11) is 0. The minimum absolute atomic E-state index is 0.137. The fraction of sp³-hybridized carbons (Fsp3) is 0.519. The van der Waals surface area contributed by atoms with E-state index in [1.54, 1.807) is 6.08 Å². The van der Waals surface area contributed by atoms with Crippen LogP contribution in [-0.4, -0.2) is 27.8 Å². The molecule has 1 saturated carbocycles. The predicted octanol–water partition coefficient (Wildman–Crippen LogP) is 6.97. The highest BCUT2D eigenvalue weighted by molar-refractivity contribution is 5.67. The Labute approximate surface area is 202 Å². The summed E-state index contributed by atoms with van der Waals surface area (Å²) in [6.45, 7) is 9.89. The number of allylic oxidation sites excluding steroid dienone is 2. The van der Waals surface area contributed by atoms with Crippen LogP contribution in [-0.2, 0) is 4.79 Å². The Morgan fingerprint density at radius 2 is 1.88 bits per heavy atom. The smallest absolute Gasteiger partial charge is 0.303 e. The Kier molecular flexibility index (Phi) is 11.7. The maximum atomic E-state index is 12.2. The van der Waals surface area contributed by atoms with Crippen LogP contribution in [0.5, 0.6) is 0 Å². The van der Waals surface area contributed by atoms with Gasteiger partial charge in [-0.2, -0.15) is 4.98 Å². The zero-order valence-electron chi connectivity index (χ0n) is 20.6. The van der Waals surface area contributed by atoms with E-state index in [0.717, 1.165) is 24.1 Å². The van der Waals surface area contributed by atoms with Crippen LogP contribution in [0.25, 0.3) is 17.5 Å². The second kappa shape index (κ2) is 14.5. The average Bonchev–Trinajstić information content (AvgIpc) is 3.58. The average molecular weight is 472 g/mol. The number of carboxylic acid groups (broad SMARTS) is 1. The lowest BCUT2D eigenvalue weighted by Crippen LogP contribution is -2.14. The number of hydrogen-bond donors (Lipinski definition) is 2. The molecule has 2 atom stereocenters. The molecule has 6 nitrogen and oxygen atoms in total. The highest BCUT2D eigenvalue weighted by atomic mass is 19.1. The molecule has 2 N–H and O–H groups in total. The normalized spacial score (nSPS) is 19.9. The number of aliphatic carboxylic acids is 1. The summed E-state index contributed by atoms with van der Waals surface area (Å²) in [5.74, 6) is 0.984. The lowest BCUT2D eigenvalue weighted by molar-refractivity contribution is -0.137. The van der Waals surface area contributed by atoms with Crippen LogP contribution < -0.4 is 5.32 Å². The van der Waals surface area contributed by atoms with Gasteiger partial charge < -0.3 is 14.9 Å². The molecule has 0 radical (unpaired) electrons. The van der Waals surface area contributed by atoms with E-state index in [0.29, 0.717) is 24.1 Å². The standard InChI is InChI=1S/C17H19N3O3.C8H13F.C2H6/c1-2-3-15-19-17(20-23-15)13-6-4-12(5-7-13)14-8-11(10-18-14)9-16(21)22;1-7(9)6-8-4-2-3-5-8;1-2/h2-7,11,14,18H,8-10H2,1H3,(H,21,22);8H,1-6H2;1-2H3/b3-2+;;. The van der Waals surface area contributed by atoms with Gasteiger partial charge in [0.15, 0.2) is 0 Å². The SMILES string of the molecule is C/C=C/c1nc(-c2ccc(C3CC(CC(=O)O)CN3)cc2)no1.C=C(F)CC1CCCC1.CC. The molecule has 34 heavy (non-hydrogen) atoms. The maximum Gasteiger partial charge on any atom is 0.303 e. The van der Waals surface area contributed by atoms with Gasteiger partial charge in [-0.15, -0.1) is 0 Å². The van der Waals surface area contributed by atoms with Crippen LogP contribution in [0.1, 0.15) is 83.2 Å². The molecule has 1 aromatic heterocycles. The molecule has 1 aliphatic heterocycles. The highest BCUT2D eigenvalue weighted by Crippen LogP contribution is 2.31. The molecule has 7 heteroatoms. The van der Waals surface area contributed by atoms with Crippen LogP contribution in [0.15, 0.2) is 47.3 Å². The van der Waals surface area contributed by atoms with E-state index in [1.807, 2.05) is 51.1 Å². The molecular weight excluding hydrogens is 433 g/mol. The Balaban J connectivity index is 0.000000311. The molecule has 1 saturated heterocycles. The van der Waals surface area contributed by atoms with Crippen molar-refractivity contribution in [1.82, 2.24) is 15.5 Å². The number of carbonyl (C=O) groups is 1. The molecule has 4 rings (SSSR count). The predicted molar refractivity (Wildman–Crippen MR) is 134 cm³/mol. The lowest BCUT2D eigenvalue weighted by Gasteiger charge is -2.11. The molecule has 186 valence electrons. The van der Waals surface area contributed by atoms with Crippen molar-refractivity contribution in [2.45, 2.75) is 71.8 Å². The number of carboxylic acids is 1. The lowest BCUT2D eigenvalue weighted by atomic mass is 9.97. The van der Waals surface area contributed by atoms with E-state index in [9.17, 15) is 9.18 Å². The van der Waals surface area contributed by atoms with Gasteiger partial charge in [0, 0.05) is 24.4 Å². The zero-order chi connectivity index (χ0) is 24.9. The van der Waals surface area contributed by atoms with Gasteiger partial charge in [0.1, 0.15) is 0 Å². The van der Waals surface area contributed by atoms with Crippen molar-refractivity contribution in [2.75, 3.05) is 6.54 Å². The molecule has 2 heterocycles. The van der Waals surface area contributed by atoms with Gasteiger partial charge in [0.05, 0.1) is 5.83 Å². The van der Waals surface area contributed by atoms with Crippen molar-refractivity contribution in [3.63, 3.8) is 0 Å². The molecule has 0 amide bonds. The number of benzene rings is 1. The third kappa shape index (κ3) is 8.86. The number of nitrogens with zero attached hydrogens (tertiary/aromatic N) is 2. The molecule has 2 aromatic rings. The summed E-state index contributed by atoms with van der Waals surface area (Å²) >= 11 is 0. The molecule has 1 aromatic carbocycles. The number of rotatable bonds is 7. The summed E-state index contributed by atoms with van der Waals surface area (Å²) < 4.78 is 17.3. The summed E-state index contributed by atoms with van der Waals surface area (Å²) in [4.78, 5) is 15.1. The number of halogens is 1.